The fourth-order valence-corrected chi connectivity index (χ4v) is 3.19. The van der Waals surface area contributed by atoms with E-state index in [1.807, 2.05) is 18.2 Å². The van der Waals surface area contributed by atoms with Crippen LogP contribution in [0.5, 0.6) is 5.75 Å². The molecule has 0 fully saturated rings. The number of pyridine rings is 1. The summed E-state index contributed by atoms with van der Waals surface area (Å²) in [5.41, 5.74) is 1.91. The van der Waals surface area contributed by atoms with Gasteiger partial charge in [0.2, 0.25) is 0 Å². The van der Waals surface area contributed by atoms with Gasteiger partial charge in [-0.3, -0.25) is 0 Å². The molecule has 0 aliphatic carbocycles. The number of nitrogens with zero attached hydrogens (tertiary/aromatic N) is 1. The molecular formula is C14H11BrCl2N2O. The molecule has 0 amide bonds. The third kappa shape index (κ3) is 2.73. The Hall–Kier alpha value is -0.970. The summed E-state index contributed by atoms with van der Waals surface area (Å²) in [4.78, 5) is 4.21. The molecular weight excluding hydrogens is 363 g/mol. The molecule has 20 heavy (non-hydrogen) atoms. The lowest BCUT2D eigenvalue weighted by Gasteiger charge is -2.28. The van der Waals surface area contributed by atoms with E-state index in [0.717, 1.165) is 22.3 Å². The molecule has 104 valence electrons. The smallest absolute Gasteiger partial charge is 0.143 e. The number of fused-ring (bicyclic) bond motifs is 1. The van der Waals surface area contributed by atoms with Crippen molar-refractivity contribution < 1.29 is 4.74 Å². The molecule has 2 heterocycles. The Labute approximate surface area is 135 Å². The molecule has 0 bridgehead atoms. The maximum absolute atomic E-state index is 6.19. The van der Waals surface area contributed by atoms with Crippen molar-refractivity contribution in [3.05, 3.63) is 50.7 Å². The fraction of sp³-hybridized carbons (Fsp3) is 0.214. The molecule has 0 saturated carbocycles. The number of halogens is 3. The van der Waals surface area contributed by atoms with Crippen molar-refractivity contribution in [2.45, 2.75) is 12.5 Å². The van der Waals surface area contributed by atoms with E-state index in [1.165, 1.54) is 0 Å². The summed E-state index contributed by atoms with van der Waals surface area (Å²) in [6.45, 7) is 0.615. The van der Waals surface area contributed by atoms with E-state index in [9.17, 15) is 0 Å². The number of hydrogen-bond donors (Lipinski definition) is 1. The minimum absolute atomic E-state index is 0.0930. The van der Waals surface area contributed by atoms with Gasteiger partial charge < -0.3 is 10.1 Å². The molecule has 1 aliphatic heterocycles. The van der Waals surface area contributed by atoms with E-state index in [2.05, 4.69) is 26.2 Å². The minimum Gasteiger partial charge on any atom is -0.492 e. The molecule has 0 spiro atoms. The Bertz CT molecular complexity index is 651. The van der Waals surface area contributed by atoms with Crippen molar-refractivity contribution in [3.8, 4) is 5.75 Å². The number of aromatic nitrogens is 1. The molecule has 1 aliphatic rings. The van der Waals surface area contributed by atoms with Gasteiger partial charge in [-0.05, 0) is 40.2 Å². The van der Waals surface area contributed by atoms with Crippen molar-refractivity contribution >= 4 is 44.8 Å². The van der Waals surface area contributed by atoms with E-state index < -0.39 is 0 Å². The highest BCUT2D eigenvalue weighted by Crippen LogP contribution is 2.41. The largest absolute Gasteiger partial charge is 0.492 e. The lowest BCUT2D eigenvalue weighted by Crippen LogP contribution is -2.21. The first kappa shape index (κ1) is 14.0. The predicted octanol–water partition coefficient (Wildman–Crippen LogP) is 5.09. The quantitative estimate of drug-likeness (QED) is 0.744. The van der Waals surface area contributed by atoms with E-state index in [-0.39, 0.29) is 6.04 Å². The summed E-state index contributed by atoms with van der Waals surface area (Å²) in [5.74, 6) is 0.708. The third-order valence-electron chi connectivity index (χ3n) is 3.15. The third-order valence-corrected chi connectivity index (χ3v) is 4.29. The summed E-state index contributed by atoms with van der Waals surface area (Å²) in [7, 11) is 0. The van der Waals surface area contributed by atoms with Crippen LogP contribution in [-0.4, -0.2) is 11.6 Å². The summed E-state index contributed by atoms with van der Waals surface area (Å²) < 4.78 is 6.43. The predicted molar refractivity (Wildman–Crippen MR) is 84.9 cm³/mol. The first-order valence-corrected chi connectivity index (χ1v) is 7.69. The van der Waals surface area contributed by atoms with Gasteiger partial charge in [0.1, 0.15) is 10.4 Å². The number of anilines is 1. The highest BCUT2D eigenvalue weighted by Gasteiger charge is 2.24. The van der Waals surface area contributed by atoms with Gasteiger partial charge in [0, 0.05) is 23.2 Å². The average molecular weight is 374 g/mol. The molecule has 3 rings (SSSR count). The van der Waals surface area contributed by atoms with Gasteiger partial charge >= 0.3 is 0 Å². The molecule has 2 aromatic rings. The van der Waals surface area contributed by atoms with Crippen LogP contribution in [0.15, 0.2) is 35.1 Å². The van der Waals surface area contributed by atoms with E-state index >= 15 is 0 Å². The highest BCUT2D eigenvalue weighted by molar-refractivity contribution is 9.10. The normalized spacial score (nSPS) is 17.2. The number of hydrogen-bond acceptors (Lipinski definition) is 3. The molecule has 1 aromatic carbocycles. The minimum atomic E-state index is 0.0930. The highest BCUT2D eigenvalue weighted by atomic mass is 79.9. The van der Waals surface area contributed by atoms with Crippen molar-refractivity contribution in [3.63, 3.8) is 0 Å². The number of ether oxygens (including phenoxy) is 1. The van der Waals surface area contributed by atoms with Crippen LogP contribution >= 0.6 is 39.1 Å². The SMILES string of the molecule is Clc1cc(Cl)c2c(c1)C(Nc1cccnc1Br)CCO2. The Morgan fingerprint density at radius 3 is 3.00 bits per heavy atom. The molecule has 1 N–H and O–H groups in total. The maximum Gasteiger partial charge on any atom is 0.143 e. The van der Waals surface area contributed by atoms with Crippen molar-refractivity contribution in [1.82, 2.24) is 4.98 Å². The topological polar surface area (TPSA) is 34.2 Å². The van der Waals surface area contributed by atoms with Crippen LogP contribution in [0.1, 0.15) is 18.0 Å². The lowest BCUT2D eigenvalue weighted by atomic mass is 10.0. The molecule has 1 atom stereocenters. The van der Waals surface area contributed by atoms with Crippen molar-refractivity contribution in [2.75, 3.05) is 11.9 Å². The summed E-state index contributed by atoms with van der Waals surface area (Å²) in [6.07, 6.45) is 2.58. The van der Waals surface area contributed by atoms with E-state index in [1.54, 1.807) is 12.3 Å². The van der Waals surface area contributed by atoms with Crippen LogP contribution in [-0.2, 0) is 0 Å². The first-order valence-electron chi connectivity index (χ1n) is 6.14. The molecule has 1 aromatic heterocycles. The van der Waals surface area contributed by atoms with Gasteiger partial charge in [0.05, 0.1) is 23.4 Å². The molecule has 0 radical (unpaired) electrons. The summed E-state index contributed by atoms with van der Waals surface area (Å²) in [6, 6.07) is 7.54. The zero-order chi connectivity index (χ0) is 14.1. The fourth-order valence-electron chi connectivity index (χ4n) is 2.26. The standard InChI is InChI=1S/C14H11BrCl2N2O/c15-14-12(2-1-4-18-14)19-11-3-5-20-13-9(11)6-8(16)7-10(13)17/h1-2,4,6-7,11,19H,3,5H2. The van der Waals surface area contributed by atoms with E-state index in [0.29, 0.717) is 22.4 Å². The Morgan fingerprint density at radius 1 is 1.35 bits per heavy atom. The zero-order valence-electron chi connectivity index (χ0n) is 10.4. The molecule has 1 unspecified atom stereocenters. The zero-order valence-corrected chi connectivity index (χ0v) is 13.5. The van der Waals surface area contributed by atoms with Gasteiger partial charge in [-0.2, -0.15) is 0 Å². The van der Waals surface area contributed by atoms with Gasteiger partial charge in [-0.15, -0.1) is 0 Å². The lowest BCUT2D eigenvalue weighted by molar-refractivity contribution is 0.274. The first-order chi connectivity index (χ1) is 9.65. The van der Waals surface area contributed by atoms with Gasteiger partial charge in [-0.1, -0.05) is 23.2 Å². The van der Waals surface area contributed by atoms with Crippen molar-refractivity contribution in [2.24, 2.45) is 0 Å². The second-order valence-electron chi connectivity index (χ2n) is 4.48. The van der Waals surface area contributed by atoms with Gasteiger partial charge in [-0.25, -0.2) is 4.98 Å². The average Bonchev–Trinajstić information content (AvgIpc) is 2.42. The maximum atomic E-state index is 6.19. The van der Waals surface area contributed by atoms with Crippen LogP contribution in [0.2, 0.25) is 10.0 Å². The van der Waals surface area contributed by atoms with Crippen LogP contribution in [0.25, 0.3) is 0 Å². The van der Waals surface area contributed by atoms with Crippen LogP contribution < -0.4 is 10.1 Å². The summed E-state index contributed by atoms with van der Waals surface area (Å²) in [5, 5.41) is 4.61. The Morgan fingerprint density at radius 2 is 2.20 bits per heavy atom. The monoisotopic (exact) mass is 372 g/mol. The van der Waals surface area contributed by atoms with E-state index in [4.69, 9.17) is 27.9 Å². The van der Waals surface area contributed by atoms with Crippen LogP contribution in [0, 0.1) is 0 Å². The molecule has 0 saturated heterocycles. The van der Waals surface area contributed by atoms with Crippen LogP contribution in [0.3, 0.4) is 0 Å². The van der Waals surface area contributed by atoms with Crippen LogP contribution in [0.4, 0.5) is 5.69 Å². The summed E-state index contributed by atoms with van der Waals surface area (Å²) >= 11 is 15.7. The number of nitrogens with one attached hydrogen (secondary N) is 1. The Kier molecular flexibility index (Phi) is 4.06. The van der Waals surface area contributed by atoms with Gasteiger partial charge in [0.25, 0.3) is 0 Å². The number of benzene rings is 1. The van der Waals surface area contributed by atoms with Crippen molar-refractivity contribution in [1.29, 1.82) is 0 Å². The second kappa shape index (κ2) is 5.80. The Balaban J connectivity index is 1.96. The number of rotatable bonds is 2. The molecule has 3 nitrogen and oxygen atoms in total. The van der Waals surface area contributed by atoms with Gasteiger partial charge in [0.15, 0.2) is 0 Å². The second-order valence-corrected chi connectivity index (χ2v) is 6.08. The molecule has 6 heteroatoms.